The lowest BCUT2D eigenvalue weighted by Crippen LogP contribution is -2.53. The summed E-state index contributed by atoms with van der Waals surface area (Å²) in [5.41, 5.74) is 0. The van der Waals surface area contributed by atoms with Crippen molar-refractivity contribution in [3.8, 4) is 0 Å². The lowest BCUT2D eigenvalue weighted by atomic mass is 10.2. The Morgan fingerprint density at radius 2 is 0.811 bits per heavy atom. The predicted octanol–water partition coefficient (Wildman–Crippen LogP) is -4.89. The molecular formula is C32H48N6O15. The highest BCUT2D eigenvalue weighted by Crippen LogP contribution is 2.14. The van der Waals surface area contributed by atoms with Gasteiger partial charge in [0.1, 0.15) is 0 Å². The van der Waals surface area contributed by atoms with Crippen molar-refractivity contribution in [2.75, 3.05) is 59.0 Å². The fraction of sp³-hybridized carbons (Fsp3) is 0.625. The van der Waals surface area contributed by atoms with Crippen molar-refractivity contribution in [2.24, 2.45) is 0 Å². The molecule has 2 aliphatic heterocycles. The van der Waals surface area contributed by atoms with E-state index in [2.05, 4.69) is 0 Å². The molecule has 53 heavy (non-hydrogen) atoms. The van der Waals surface area contributed by atoms with Gasteiger partial charge in [0.2, 0.25) is 23.6 Å². The summed E-state index contributed by atoms with van der Waals surface area (Å²) in [6, 6.07) is 0. The molecule has 0 aromatic carbocycles. The van der Waals surface area contributed by atoms with Crippen LogP contribution in [-0.4, -0.2) is 190 Å². The van der Waals surface area contributed by atoms with Gasteiger partial charge in [-0.25, -0.2) is 0 Å². The van der Waals surface area contributed by atoms with Crippen molar-refractivity contribution in [2.45, 2.75) is 70.2 Å². The van der Waals surface area contributed by atoms with Crippen molar-refractivity contribution in [3.63, 3.8) is 0 Å². The van der Waals surface area contributed by atoms with E-state index in [1.807, 2.05) is 0 Å². The summed E-state index contributed by atoms with van der Waals surface area (Å²) < 4.78 is 0. The highest BCUT2D eigenvalue weighted by molar-refractivity contribution is 6.13. The number of rotatable bonds is 24. The first-order valence-corrected chi connectivity index (χ1v) is 17.0. The molecule has 2 heterocycles. The van der Waals surface area contributed by atoms with E-state index in [9.17, 15) is 74.1 Å². The predicted molar refractivity (Wildman–Crippen MR) is 177 cm³/mol. The van der Waals surface area contributed by atoms with Gasteiger partial charge in [0, 0.05) is 115 Å². The summed E-state index contributed by atoms with van der Waals surface area (Å²) in [5, 5.41) is 66.9. The molecule has 0 saturated carbocycles. The Morgan fingerprint density at radius 1 is 0.491 bits per heavy atom. The van der Waals surface area contributed by atoms with Gasteiger partial charge in [-0.1, -0.05) is 0 Å². The van der Waals surface area contributed by atoms with Gasteiger partial charge < -0.3 is 45.5 Å². The second-order valence-electron chi connectivity index (χ2n) is 12.0. The summed E-state index contributed by atoms with van der Waals surface area (Å²) >= 11 is 0. The SMILES string of the molecule is O=C(CCN(C(=O)CCN1C(=O)C=CC1=O)N(CCC(=O)N(CCC(O)O)CCC(O)O)C(=O)CCN1C(=O)C=CC1=O)N(CCCO)CCC(O)O. The molecule has 21 nitrogen and oxygen atoms in total. The summed E-state index contributed by atoms with van der Waals surface area (Å²) in [5.74, 6) is -5.86. The topological polar surface area (TPSA) is 298 Å². The highest BCUT2D eigenvalue weighted by Gasteiger charge is 2.32. The third kappa shape index (κ3) is 15.1. The first kappa shape index (κ1) is 44.5. The van der Waals surface area contributed by atoms with Crippen molar-refractivity contribution >= 4 is 47.3 Å². The van der Waals surface area contributed by atoms with Crippen LogP contribution >= 0.6 is 0 Å². The average molecular weight is 757 g/mol. The van der Waals surface area contributed by atoms with E-state index in [1.165, 1.54) is 4.90 Å². The van der Waals surface area contributed by atoms with Crippen molar-refractivity contribution < 1.29 is 74.1 Å². The van der Waals surface area contributed by atoms with E-state index in [1.54, 1.807) is 0 Å². The molecule has 0 unspecified atom stereocenters. The Labute approximate surface area is 304 Å². The van der Waals surface area contributed by atoms with Gasteiger partial charge in [0.25, 0.3) is 23.6 Å². The van der Waals surface area contributed by atoms with Crippen molar-refractivity contribution in [3.05, 3.63) is 24.3 Å². The first-order chi connectivity index (χ1) is 25.0. The van der Waals surface area contributed by atoms with E-state index in [-0.39, 0.29) is 58.5 Å². The number of hydrogen-bond acceptors (Lipinski definition) is 15. The molecule has 0 saturated heterocycles. The Kier molecular flexibility index (Phi) is 18.8. The lowest BCUT2D eigenvalue weighted by molar-refractivity contribution is -0.167. The van der Waals surface area contributed by atoms with Crippen LogP contribution in [0.15, 0.2) is 24.3 Å². The third-order valence-electron chi connectivity index (χ3n) is 8.10. The number of hydrazine groups is 1. The zero-order chi connectivity index (χ0) is 39.7. The standard InChI is InChI=1S/C32H48N6O15/c39-21-1-13-33(14-10-30(48)49)22(40)8-19-37(28(46)6-17-35-24(42)2-3-25(35)43)38(29(47)7-18-36-26(44)4-5-27(36)45)20-9-23(41)34(15-11-31(50)51)16-12-32(52)53/h2-5,30-32,39,48-53H,1,6-21H2. The first-order valence-electron chi connectivity index (χ1n) is 17.0. The van der Waals surface area contributed by atoms with Gasteiger partial charge in [-0.05, 0) is 6.42 Å². The number of aliphatic hydroxyl groups is 7. The van der Waals surface area contributed by atoms with Crippen LogP contribution in [0, 0.1) is 0 Å². The van der Waals surface area contributed by atoms with E-state index in [0.29, 0.717) is 0 Å². The molecule has 0 radical (unpaired) electrons. The summed E-state index contributed by atoms with van der Waals surface area (Å²) in [6.07, 6.45) is -4.17. The fourth-order valence-corrected chi connectivity index (χ4v) is 5.25. The minimum absolute atomic E-state index is 0.00612. The number of amides is 8. The van der Waals surface area contributed by atoms with Crippen LogP contribution in [0.3, 0.4) is 0 Å². The van der Waals surface area contributed by atoms with Gasteiger partial charge in [-0.15, -0.1) is 0 Å². The summed E-state index contributed by atoms with van der Waals surface area (Å²) in [4.78, 5) is 107. The quantitative estimate of drug-likeness (QED) is 0.0276. The van der Waals surface area contributed by atoms with E-state index in [4.69, 9.17) is 0 Å². The molecule has 0 bridgehead atoms. The maximum absolute atomic E-state index is 13.8. The molecule has 0 aliphatic carbocycles. The smallest absolute Gasteiger partial charge is 0.253 e. The Hall–Kier alpha value is -4.64. The van der Waals surface area contributed by atoms with Gasteiger partial charge in [0.05, 0.1) is 13.1 Å². The Balaban J connectivity index is 2.42. The van der Waals surface area contributed by atoms with E-state index < -0.39 is 118 Å². The lowest BCUT2D eigenvalue weighted by Gasteiger charge is -2.36. The minimum Gasteiger partial charge on any atom is -0.396 e. The van der Waals surface area contributed by atoms with Crippen LogP contribution in [-0.2, 0) is 38.4 Å². The highest BCUT2D eigenvalue weighted by atomic mass is 16.5. The van der Waals surface area contributed by atoms with Crippen molar-refractivity contribution in [1.82, 2.24) is 29.6 Å². The fourth-order valence-electron chi connectivity index (χ4n) is 5.25. The molecule has 0 fully saturated rings. The Bertz CT molecular complexity index is 1340. The molecule has 21 heteroatoms. The molecule has 8 amide bonds. The molecule has 0 aromatic rings. The molecule has 7 N–H and O–H groups in total. The van der Waals surface area contributed by atoms with Gasteiger partial charge in [-0.3, -0.25) is 58.2 Å². The number of aliphatic hydroxyl groups excluding tert-OH is 4. The van der Waals surface area contributed by atoms with Crippen LogP contribution in [0.25, 0.3) is 0 Å². The van der Waals surface area contributed by atoms with Crippen LogP contribution in [0.1, 0.15) is 51.4 Å². The van der Waals surface area contributed by atoms with Crippen LogP contribution in [0.4, 0.5) is 0 Å². The van der Waals surface area contributed by atoms with Crippen LogP contribution in [0.2, 0.25) is 0 Å². The van der Waals surface area contributed by atoms with Gasteiger partial charge in [-0.2, -0.15) is 0 Å². The zero-order valence-corrected chi connectivity index (χ0v) is 29.1. The molecule has 0 aromatic heterocycles. The molecule has 0 spiro atoms. The van der Waals surface area contributed by atoms with Gasteiger partial charge in [0.15, 0.2) is 18.9 Å². The molecule has 296 valence electrons. The number of hydrogen-bond donors (Lipinski definition) is 7. The zero-order valence-electron chi connectivity index (χ0n) is 29.1. The second kappa shape index (κ2) is 22.4. The summed E-state index contributed by atoms with van der Waals surface area (Å²) in [6.45, 7) is -2.82. The molecule has 2 aliphatic rings. The minimum atomic E-state index is -1.80. The molecule has 0 atom stereocenters. The Morgan fingerprint density at radius 3 is 1.11 bits per heavy atom. The number of carbonyl (C=O) groups is 8. The number of imide groups is 2. The second-order valence-corrected chi connectivity index (χ2v) is 12.0. The normalized spacial score (nSPS) is 14.1. The summed E-state index contributed by atoms with van der Waals surface area (Å²) in [7, 11) is 0. The van der Waals surface area contributed by atoms with Crippen LogP contribution < -0.4 is 0 Å². The van der Waals surface area contributed by atoms with Gasteiger partial charge >= 0.3 is 0 Å². The maximum atomic E-state index is 13.8. The number of carbonyl (C=O) groups excluding carboxylic acids is 8. The van der Waals surface area contributed by atoms with Crippen LogP contribution in [0.5, 0.6) is 0 Å². The average Bonchev–Trinajstić information content (AvgIpc) is 3.60. The van der Waals surface area contributed by atoms with Crippen molar-refractivity contribution in [1.29, 1.82) is 0 Å². The number of nitrogens with zero attached hydrogens (tertiary/aromatic N) is 6. The monoisotopic (exact) mass is 756 g/mol. The molecular weight excluding hydrogens is 708 g/mol. The third-order valence-corrected chi connectivity index (χ3v) is 8.10. The van der Waals surface area contributed by atoms with E-state index >= 15 is 0 Å². The molecule has 2 rings (SSSR count). The largest absolute Gasteiger partial charge is 0.396 e. The maximum Gasteiger partial charge on any atom is 0.253 e. The van der Waals surface area contributed by atoms with E-state index in [0.717, 1.165) is 49.0 Å².